The molecule has 14 rings (SSSR count). The Labute approximate surface area is 409 Å². The highest BCUT2D eigenvalue weighted by atomic mass is 15.0. The quantitative estimate of drug-likeness (QED) is 0.173. The Morgan fingerprint density at radius 2 is 0.871 bits per heavy atom. The van der Waals surface area contributed by atoms with Crippen LogP contribution in [0.2, 0.25) is 0 Å². The van der Waals surface area contributed by atoms with Crippen LogP contribution in [0.15, 0.2) is 242 Å². The average Bonchev–Trinajstić information content (AvgIpc) is 3.73. The summed E-state index contributed by atoms with van der Waals surface area (Å²) in [7, 11) is 0. The van der Waals surface area contributed by atoms with Gasteiger partial charge in [-0.3, -0.25) is 0 Å². The van der Waals surface area contributed by atoms with Gasteiger partial charge in [-0.05, 0) is 108 Å². The van der Waals surface area contributed by atoms with Gasteiger partial charge in [-0.25, -0.2) is 15.0 Å². The summed E-state index contributed by atoms with van der Waals surface area (Å²) < 4.78 is 0. The van der Waals surface area contributed by atoms with Gasteiger partial charge >= 0.3 is 0 Å². The van der Waals surface area contributed by atoms with E-state index in [1.165, 1.54) is 83.5 Å². The molecule has 0 bridgehead atoms. The van der Waals surface area contributed by atoms with E-state index in [2.05, 4.69) is 244 Å². The van der Waals surface area contributed by atoms with Crippen LogP contribution in [-0.2, 0) is 10.8 Å². The van der Waals surface area contributed by atoms with Crippen LogP contribution in [0, 0.1) is 5.92 Å². The van der Waals surface area contributed by atoms with Crippen LogP contribution in [-0.4, -0.2) is 15.0 Å². The van der Waals surface area contributed by atoms with Crippen molar-refractivity contribution in [3.63, 3.8) is 0 Å². The molecule has 70 heavy (non-hydrogen) atoms. The fourth-order valence-corrected chi connectivity index (χ4v) is 12.6. The lowest BCUT2D eigenvalue weighted by atomic mass is 9.51. The Morgan fingerprint density at radius 3 is 1.51 bits per heavy atom. The molecule has 0 radical (unpaired) electrons. The lowest BCUT2D eigenvalue weighted by Crippen LogP contribution is -2.44. The van der Waals surface area contributed by atoms with Gasteiger partial charge in [0.2, 0.25) is 0 Å². The van der Waals surface area contributed by atoms with E-state index >= 15 is 0 Å². The van der Waals surface area contributed by atoms with Crippen molar-refractivity contribution in [1.29, 1.82) is 0 Å². The SMILES string of the molecule is CC1C=CC(c2ccc(-c3nc(-c4ccc(-c5ccccc5)cc4)nc(-c4cccc5c4C4(C6=C(C=CCC=C6)c6ccccc64)c4ccccc4C54c5ccccc5-c5ccccc54)n3)cc2)=CC1. The normalized spacial score (nSPS) is 18.4. The lowest BCUT2D eigenvalue weighted by Gasteiger charge is -2.50. The highest BCUT2D eigenvalue weighted by molar-refractivity contribution is 5.98. The van der Waals surface area contributed by atoms with Crippen molar-refractivity contribution in [3.05, 3.63) is 292 Å². The second-order valence-electron chi connectivity index (χ2n) is 19.3. The minimum atomic E-state index is -0.720. The average molecular weight is 894 g/mol. The monoisotopic (exact) mass is 893 g/mol. The fourth-order valence-electron chi connectivity index (χ4n) is 12.6. The second kappa shape index (κ2) is 15.8. The standard InChI is InChI=1S/C67H47N3/c1-43-31-33-45(34-32-43)47-37-41-49(42-38-47)64-68-63(48-39-35-46(36-40-48)44-17-4-2-5-18-44)69-65(70-64)54-23-16-30-61-62(54)67(57-24-7-3-6-19-52(57)53-22-10-13-27-58(53)67)60-29-15-14-28-59(60)66(61)55-25-11-8-20-50(55)51-21-9-12-26-56(51)66/h2,4-31,33-43H,3,32H2,1H3. The maximum Gasteiger partial charge on any atom is 0.164 e. The minimum Gasteiger partial charge on any atom is -0.208 e. The van der Waals surface area contributed by atoms with E-state index in [1.54, 1.807) is 0 Å². The van der Waals surface area contributed by atoms with E-state index in [0.29, 0.717) is 23.4 Å². The zero-order valence-corrected chi connectivity index (χ0v) is 38.8. The molecule has 2 spiro atoms. The molecule has 0 saturated heterocycles. The van der Waals surface area contributed by atoms with Gasteiger partial charge in [0, 0.05) is 16.7 Å². The molecule has 8 aromatic carbocycles. The molecule has 330 valence electrons. The summed E-state index contributed by atoms with van der Waals surface area (Å²) in [5, 5.41) is 0. The number of rotatable bonds is 5. The van der Waals surface area contributed by atoms with Gasteiger partial charge < -0.3 is 0 Å². The molecule has 5 aliphatic carbocycles. The smallest absolute Gasteiger partial charge is 0.164 e. The number of aromatic nitrogens is 3. The minimum absolute atomic E-state index is 0.548. The summed E-state index contributed by atoms with van der Waals surface area (Å²) in [5.41, 5.74) is 21.5. The van der Waals surface area contributed by atoms with Crippen molar-refractivity contribution in [3.8, 4) is 56.4 Å². The molecular formula is C67H47N3. The van der Waals surface area contributed by atoms with E-state index in [1.807, 2.05) is 0 Å². The number of hydrogen-bond donors (Lipinski definition) is 0. The third-order valence-electron chi connectivity index (χ3n) is 15.6. The topological polar surface area (TPSA) is 38.7 Å². The van der Waals surface area contributed by atoms with E-state index in [0.717, 1.165) is 35.1 Å². The molecule has 0 fully saturated rings. The van der Waals surface area contributed by atoms with Crippen LogP contribution >= 0.6 is 0 Å². The molecule has 3 nitrogen and oxygen atoms in total. The van der Waals surface area contributed by atoms with E-state index in [-0.39, 0.29) is 0 Å². The molecule has 2 atom stereocenters. The van der Waals surface area contributed by atoms with Gasteiger partial charge in [0.25, 0.3) is 0 Å². The maximum absolute atomic E-state index is 5.62. The Morgan fingerprint density at radius 1 is 0.386 bits per heavy atom. The van der Waals surface area contributed by atoms with Crippen molar-refractivity contribution in [2.24, 2.45) is 5.92 Å². The van der Waals surface area contributed by atoms with Gasteiger partial charge in [-0.15, -0.1) is 0 Å². The summed E-state index contributed by atoms with van der Waals surface area (Å²) in [6, 6.07) is 71.5. The lowest BCUT2D eigenvalue weighted by molar-refractivity contribution is 0.631. The zero-order chi connectivity index (χ0) is 46.4. The van der Waals surface area contributed by atoms with Gasteiger partial charge in [0.15, 0.2) is 17.5 Å². The third-order valence-corrected chi connectivity index (χ3v) is 15.6. The van der Waals surface area contributed by atoms with Crippen molar-refractivity contribution >= 4 is 11.1 Å². The first-order valence-corrected chi connectivity index (χ1v) is 24.6. The molecule has 1 aromatic heterocycles. The van der Waals surface area contributed by atoms with Crippen molar-refractivity contribution < 1.29 is 0 Å². The predicted molar refractivity (Wildman–Crippen MR) is 286 cm³/mol. The summed E-state index contributed by atoms with van der Waals surface area (Å²) in [6.45, 7) is 2.26. The number of allylic oxidation sites excluding steroid dienone is 10. The molecule has 9 aromatic rings. The Kier molecular flexibility index (Phi) is 9.13. The summed E-state index contributed by atoms with van der Waals surface area (Å²) in [4.78, 5) is 16.6. The molecule has 5 aliphatic rings. The van der Waals surface area contributed by atoms with Crippen LogP contribution < -0.4 is 0 Å². The van der Waals surface area contributed by atoms with Crippen molar-refractivity contribution in [1.82, 2.24) is 15.0 Å². The number of nitrogens with zero attached hydrogens (tertiary/aromatic N) is 3. The summed E-state index contributed by atoms with van der Waals surface area (Å²) in [6.07, 6.45) is 18.2. The molecule has 1 heterocycles. The van der Waals surface area contributed by atoms with E-state index < -0.39 is 10.8 Å². The second-order valence-corrected chi connectivity index (χ2v) is 19.3. The molecule has 3 heteroatoms. The molecule has 0 saturated carbocycles. The van der Waals surface area contributed by atoms with Crippen LogP contribution in [0.5, 0.6) is 0 Å². The molecular weight excluding hydrogens is 847 g/mol. The van der Waals surface area contributed by atoms with Crippen LogP contribution in [0.25, 0.3) is 67.6 Å². The van der Waals surface area contributed by atoms with Gasteiger partial charge in [0.1, 0.15) is 0 Å². The highest BCUT2D eigenvalue weighted by Crippen LogP contribution is 2.68. The van der Waals surface area contributed by atoms with E-state index in [9.17, 15) is 0 Å². The number of fused-ring (bicyclic) bond motifs is 15. The highest BCUT2D eigenvalue weighted by Gasteiger charge is 2.60. The van der Waals surface area contributed by atoms with Crippen LogP contribution in [0.1, 0.15) is 69.8 Å². The number of benzene rings is 8. The third kappa shape index (κ3) is 5.78. The van der Waals surface area contributed by atoms with Gasteiger partial charge in [0.05, 0.1) is 10.8 Å². The Hall–Kier alpha value is -8.53. The maximum atomic E-state index is 5.62. The van der Waals surface area contributed by atoms with Crippen LogP contribution in [0.3, 0.4) is 0 Å². The largest absolute Gasteiger partial charge is 0.208 e. The molecule has 0 N–H and O–H groups in total. The Balaban J connectivity index is 1.08. The van der Waals surface area contributed by atoms with Crippen molar-refractivity contribution in [2.45, 2.75) is 30.6 Å². The first-order chi connectivity index (χ1) is 34.6. The predicted octanol–water partition coefficient (Wildman–Crippen LogP) is 15.8. The zero-order valence-electron chi connectivity index (χ0n) is 38.8. The van der Waals surface area contributed by atoms with Crippen molar-refractivity contribution in [2.75, 3.05) is 0 Å². The van der Waals surface area contributed by atoms with Crippen LogP contribution in [0.4, 0.5) is 0 Å². The van der Waals surface area contributed by atoms with E-state index in [4.69, 9.17) is 15.0 Å². The molecule has 0 amide bonds. The van der Waals surface area contributed by atoms with Gasteiger partial charge in [-0.1, -0.05) is 244 Å². The first-order valence-electron chi connectivity index (χ1n) is 24.6. The Bertz CT molecular complexity index is 3730. The van der Waals surface area contributed by atoms with Gasteiger partial charge in [-0.2, -0.15) is 0 Å². The summed E-state index contributed by atoms with van der Waals surface area (Å²) in [5.74, 6) is 2.47. The first kappa shape index (κ1) is 40.5. The summed E-state index contributed by atoms with van der Waals surface area (Å²) >= 11 is 0. The molecule has 2 unspecified atom stereocenters. The fraction of sp³-hybridized carbons (Fsp3) is 0.0896. The molecule has 0 aliphatic heterocycles. The number of hydrogen-bond acceptors (Lipinski definition) is 3.